The van der Waals surface area contributed by atoms with Gasteiger partial charge in [0.25, 0.3) is 0 Å². The Balaban J connectivity index is 0.00000392. The number of carbonyl (C=O) groups is 3. The zero-order chi connectivity index (χ0) is 19.8. The van der Waals surface area contributed by atoms with Crippen molar-refractivity contribution in [1.29, 1.82) is 0 Å². The van der Waals surface area contributed by atoms with E-state index >= 15 is 0 Å². The van der Waals surface area contributed by atoms with Crippen LogP contribution in [0.1, 0.15) is 29.4 Å². The summed E-state index contributed by atoms with van der Waals surface area (Å²) in [6, 6.07) is 2.28. The zero-order valence-corrected chi connectivity index (χ0v) is 19.0. The Morgan fingerprint density at radius 1 is 1.31 bits per heavy atom. The summed E-state index contributed by atoms with van der Waals surface area (Å²) in [5.41, 5.74) is 5.46. The second-order valence-corrected chi connectivity index (χ2v) is 8.56. The average Bonchev–Trinajstić information content (AvgIpc) is 3.10. The van der Waals surface area contributed by atoms with Crippen LogP contribution in [0.25, 0.3) is 0 Å². The van der Waals surface area contributed by atoms with Crippen molar-refractivity contribution in [2.24, 2.45) is 5.73 Å². The van der Waals surface area contributed by atoms with Crippen LogP contribution in [0.2, 0.25) is 0 Å². The fourth-order valence-electron chi connectivity index (χ4n) is 2.93. The van der Waals surface area contributed by atoms with Crippen molar-refractivity contribution in [2.45, 2.75) is 36.6 Å². The Hall–Kier alpha value is -1.04. The van der Waals surface area contributed by atoms with E-state index in [9.17, 15) is 19.5 Å². The van der Waals surface area contributed by atoms with Gasteiger partial charge in [-0.05, 0) is 30.8 Å². The lowest BCUT2D eigenvalue weighted by atomic mass is 10.1. The van der Waals surface area contributed by atoms with Gasteiger partial charge in [-0.1, -0.05) is 12.5 Å². The monoisotopic (exact) mass is 487 g/mol. The van der Waals surface area contributed by atoms with Crippen molar-refractivity contribution in [3.8, 4) is 0 Å². The quantitative estimate of drug-likeness (QED) is 0.367. The van der Waals surface area contributed by atoms with Crippen molar-refractivity contribution in [1.82, 2.24) is 10.2 Å². The number of carboxylic acid groups (broad SMARTS) is 2. The summed E-state index contributed by atoms with van der Waals surface area (Å²) in [5.74, 6) is -2.09. The summed E-state index contributed by atoms with van der Waals surface area (Å²) in [6.45, 7) is 0.378. The number of aliphatic carboxylic acids is 2. The molecule has 2 rings (SSSR count). The number of thioether (sulfide) groups is 1. The molecule has 0 aliphatic carbocycles. The molecule has 0 bridgehead atoms. The number of amides is 1. The van der Waals surface area contributed by atoms with Crippen LogP contribution < -0.4 is 11.1 Å². The highest BCUT2D eigenvalue weighted by Crippen LogP contribution is 2.35. The van der Waals surface area contributed by atoms with Crippen molar-refractivity contribution < 1.29 is 24.6 Å². The highest BCUT2D eigenvalue weighted by atomic mass is 35.5. The fraction of sp³-hybridized carbons (Fsp3) is 0.588. The van der Waals surface area contributed by atoms with Crippen molar-refractivity contribution in [3.05, 3.63) is 22.4 Å². The Bertz CT molecular complexity index is 651. The molecular weight excluding hydrogens is 461 g/mol. The van der Waals surface area contributed by atoms with Crippen molar-refractivity contribution >= 4 is 65.8 Å². The van der Waals surface area contributed by atoms with Crippen LogP contribution in [-0.2, 0) is 14.4 Å². The number of hydrogen-bond donors (Lipinski definition) is 4. The van der Waals surface area contributed by atoms with E-state index in [1.165, 1.54) is 4.90 Å². The van der Waals surface area contributed by atoms with Gasteiger partial charge in [0.05, 0.1) is 11.3 Å². The van der Waals surface area contributed by atoms with Crippen molar-refractivity contribution in [2.75, 3.05) is 25.4 Å². The molecule has 29 heavy (non-hydrogen) atoms. The number of thiophene rings is 1. The number of halogens is 2. The average molecular weight is 488 g/mol. The highest BCUT2D eigenvalue weighted by molar-refractivity contribution is 7.99. The number of nitrogens with two attached hydrogens (primary N) is 1. The summed E-state index contributed by atoms with van der Waals surface area (Å²) >= 11 is 3.11. The standard InChI is InChI=1S/C17H25N3O5S2.2ClH/c18-6-2-1-4-11(17(24)25)19-12-10-27-14(13-5-3-7-26-13)8-20(16(12)23)9-15(21)22;;/h3,5,7,11-12,14,19H,1-2,4,6,8-10,18H2,(H,21,22)(H,24,25);2*1H/t11-,12?,14?;;/m1../s1. The van der Waals surface area contributed by atoms with E-state index in [4.69, 9.17) is 10.8 Å². The molecule has 166 valence electrons. The van der Waals surface area contributed by atoms with E-state index in [-0.39, 0.29) is 36.0 Å². The molecule has 0 aromatic carbocycles. The van der Waals surface area contributed by atoms with Crippen LogP contribution in [0, 0.1) is 0 Å². The summed E-state index contributed by atoms with van der Waals surface area (Å²) < 4.78 is 0. The van der Waals surface area contributed by atoms with Crippen LogP contribution >= 0.6 is 47.9 Å². The minimum atomic E-state index is -1.09. The molecule has 3 atom stereocenters. The van der Waals surface area contributed by atoms with Crippen molar-refractivity contribution in [3.63, 3.8) is 0 Å². The molecule has 2 heterocycles. The highest BCUT2D eigenvalue weighted by Gasteiger charge is 2.35. The Morgan fingerprint density at radius 2 is 2.03 bits per heavy atom. The van der Waals surface area contributed by atoms with Gasteiger partial charge in [-0.15, -0.1) is 47.9 Å². The van der Waals surface area contributed by atoms with Crippen LogP contribution in [0.15, 0.2) is 17.5 Å². The number of carbonyl (C=O) groups excluding carboxylic acids is 1. The largest absolute Gasteiger partial charge is 0.480 e. The van der Waals surface area contributed by atoms with Crippen LogP contribution in [0.4, 0.5) is 0 Å². The topological polar surface area (TPSA) is 133 Å². The smallest absolute Gasteiger partial charge is 0.323 e. The zero-order valence-electron chi connectivity index (χ0n) is 15.7. The number of nitrogens with zero attached hydrogens (tertiary/aromatic N) is 1. The third-order valence-electron chi connectivity index (χ3n) is 4.29. The first-order valence-electron chi connectivity index (χ1n) is 8.77. The minimum Gasteiger partial charge on any atom is -0.480 e. The molecule has 1 aromatic heterocycles. The minimum absolute atomic E-state index is 0. The number of rotatable bonds is 10. The first-order chi connectivity index (χ1) is 12.9. The van der Waals surface area contributed by atoms with Crippen LogP contribution in [-0.4, -0.2) is 70.4 Å². The van der Waals surface area contributed by atoms with E-state index in [1.807, 2.05) is 17.5 Å². The molecule has 5 N–H and O–H groups in total. The van der Waals surface area contributed by atoms with E-state index in [2.05, 4.69) is 5.32 Å². The Labute approximate surface area is 190 Å². The van der Waals surface area contributed by atoms with Gasteiger partial charge in [0.15, 0.2) is 0 Å². The summed E-state index contributed by atoms with van der Waals surface area (Å²) in [4.78, 5) is 38.0. The summed E-state index contributed by atoms with van der Waals surface area (Å²) in [7, 11) is 0. The maximum Gasteiger partial charge on any atom is 0.323 e. The van der Waals surface area contributed by atoms with E-state index in [0.29, 0.717) is 38.1 Å². The first-order valence-corrected chi connectivity index (χ1v) is 10.7. The number of unbranched alkanes of at least 4 members (excludes halogenated alkanes) is 1. The second-order valence-electron chi connectivity index (χ2n) is 6.34. The second kappa shape index (κ2) is 14.1. The van der Waals surface area contributed by atoms with Gasteiger partial charge in [0, 0.05) is 17.2 Å². The molecular formula is C17H27Cl2N3O5S2. The van der Waals surface area contributed by atoms with Gasteiger partial charge in [0.1, 0.15) is 12.6 Å². The van der Waals surface area contributed by atoms with E-state index in [1.54, 1.807) is 23.1 Å². The Morgan fingerprint density at radius 3 is 2.59 bits per heavy atom. The van der Waals surface area contributed by atoms with Crippen LogP contribution in [0.3, 0.4) is 0 Å². The third-order valence-corrected chi connectivity index (χ3v) is 6.76. The lowest BCUT2D eigenvalue weighted by Crippen LogP contribution is -2.53. The molecule has 1 fully saturated rings. The van der Waals surface area contributed by atoms with Gasteiger partial charge >= 0.3 is 11.9 Å². The predicted octanol–water partition coefficient (Wildman–Crippen LogP) is 1.83. The van der Waals surface area contributed by atoms with E-state index < -0.39 is 30.6 Å². The predicted molar refractivity (Wildman–Crippen MR) is 119 cm³/mol. The van der Waals surface area contributed by atoms with Gasteiger partial charge in [-0.3, -0.25) is 19.7 Å². The molecule has 1 aromatic rings. The van der Waals surface area contributed by atoms with Gasteiger partial charge in [0.2, 0.25) is 5.91 Å². The molecule has 8 nitrogen and oxygen atoms in total. The first kappa shape index (κ1) is 28.0. The SMILES string of the molecule is Cl.Cl.NCCCC[C@@H](NC1CSC(c2cccs2)CN(CC(=O)O)C1=O)C(=O)O. The summed E-state index contributed by atoms with van der Waals surface area (Å²) in [5, 5.41) is 23.5. The molecule has 2 unspecified atom stereocenters. The molecule has 1 aliphatic rings. The van der Waals surface area contributed by atoms with Crippen LogP contribution in [0.5, 0.6) is 0 Å². The van der Waals surface area contributed by atoms with Gasteiger partial charge in [-0.2, -0.15) is 0 Å². The molecule has 0 radical (unpaired) electrons. The number of nitrogens with one attached hydrogen (secondary N) is 1. The maximum atomic E-state index is 12.9. The Kier molecular flexibility index (Phi) is 13.5. The molecule has 12 heteroatoms. The van der Waals surface area contributed by atoms with E-state index in [0.717, 1.165) is 4.88 Å². The molecule has 1 amide bonds. The fourth-order valence-corrected chi connectivity index (χ4v) is 5.19. The van der Waals surface area contributed by atoms with Gasteiger partial charge < -0.3 is 20.8 Å². The normalized spacial score (nSPS) is 20.2. The molecule has 0 saturated carbocycles. The molecule has 1 saturated heterocycles. The summed E-state index contributed by atoms with van der Waals surface area (Å²) in [6.07, 6.45) is 1.73. The van der Waals surface area contributed by atoms with Gasteiger partial charge in [-0.25, -0.2) is 0 Å². The lowest BCUT2D eigenvalue weighted by molar-refractivity contribution is -0.146. The number of carboxylic acids is 2. The molecule has 0 spiro atoms. The lowest BCUT2D eigenvalue weighted by Gasteiger charge is -2.26. The number of hydrogen-bond acceptors (Lipinski definition) is 7. The maximum absolute atomic E-state index is 12.9. The third kappa shape index (κ3) is 8.69. The molecule has 1 aliphatic heterocycles.